The fourth-order valence-electron chi connectivity index (χ4n) is 2.57. The van der Waals surface area contributed by atoms with E-state index in [2.05, 4.69) is 12.1 Å². The Balaban J connectivity index is 1.94. The second kappa shape index (κ2) is 4.79. The number of hydrogen-bond donors (Lipinski definition) is 1. The summed E-state index contributed by atoms with van der Waals surface area (Å²) in [6, 6.07) is 0. The smallest absolute Gasteiger partial charge is 0.126 e. The number of nitrogens with zero attached hydrogens (tertiary/aromatic N) is 1. The molecule has 3 heteroatoms. The van der Waals surface area contributed by atoms with Crippen LogP contribution in [0, 0.1) is 11.8 Å². The standard InChI is InChI=1S/C12H19NO2/c1-2-9-3-4-12(14)11(5-9)6-10-7-13-15-8-10/h7-9,11-12,14H,2-6H2,1H3. The van der Waals surface area contributed by atoms with Gasteiger partial charge in [-0.25, -0.2) is 0 Å². The topological polar surface area (TPSA) is 46.3 Å². The van der Waals surface area contributed by atoms with E-state index in [-0.39, 0.29) is 6.10 Å². The van der Waals surface area contributed by atoms with Crippen molar-refractivity contribution in [2.75, 3.05) is 0 Å². The van der Waals surface area contributed by atoms with Crippen molar-refractivity contribution < 1.29 is 9.63 Å². The van der Waals surface area contributed by atoms with E-state index in [1.807, 2.05) is 0 Å². The van der Waals surface area contributed by atoms with Gasteiger partial charge in [-0.05, 0) is 37.5 Å². The highest BCUT2D eigenvalue weighted by atomic mass is 16.5. The predicted molar refractivity (Wildman–Crippen MR) is 57.3 cm³/mol. The van der Waals surface area contributed by atoms with Crippen LogP contribution in [-0.4, -0.2) is 16.4 Å². The van der Waals surface area contributed by atoms with E-state index in [4.69, 9.17) is 4.52 Å². The first-order chi connectivity index (χ1) is 7.29. The minimum atomic E-state index is -0.136. The Bertz CT molecular complexity index is 284. The molecule has 0 aromatic carbocycles. The third kappa shape index (κ3) is 2.59. The van der Waals surface area contributed by atoms with E-state index >= 15 is 0 Å². The molecule has 0 saturated heterocycles. The van der Waals surface area contributed by atoms with Gasteiger partial charge in [0.25, 0.3) is 0 Å². The lowest BCUT2D eigenvalue weighted by Crippen LogP contribution is -2.30. The summed E-state index contributed by atoms with van der Waals surface area (Å²) >= 11 is 0. The number of aliphatic hydroxyl groups excluding tert-OH is 1. The summed E-state index contributed by atoms with van der Waals surface area (Å²) in [5.74, 6) is 1.18. The summed E-state index contributed by atoms with van der Waals surface area (Å²) in [7, 11) is 0. The van der Waals surface area contributed by atoms with Gasteiger partial charge in [0.2, 0.25) is 0 Å². The molecule has 1 heterocycles. The predicted octanol–water partition coefficient (Wildman–Crippen LogP) is 2.40. The van der Waals surface area contributed by atoms with E-state index in [0.29, 0.717) is 5.92 Å². The van der Waals surface area contributed by atoms with Gasteiger partial charge < -0.3 is 9.63 Å². The van der Waals surface area contributed by atoms with Crippen molar-refractivity contribution in [2.24, 2.45) is 11.8 Å². The van der Waals surface area contributed by atoms with Gasteiger partial charge in [-0.1, -0.05) is 18.5 Å². The third-order valence-electron chi connectivity index (χ3n) is 3.61. The van der Waals surface area contributed by atoms with E-state index in [1.165, 1.54) is 12.8 Å². The van der Waals surface area contributed by atoms with Crippen LogP contribution in [-0.2, 0) is 6.42 Å². The molecular weight excluding hydrogens is 190 g/mol. The van der Waals surface area contributed by atoms with Crippen LogP contribution in [0.2, 0.25) is 0 Å². The Kier molecular flexibility index (Phi) is 3.41. The van der Waals surface area contributed by atoms with Crippen LogP contribution in [0.3, 0.4) is 0 Å². The van der Waals surface area contributed by atoms with Gasteiger partial charge >= 0.3 is 0 Å². The molecular formula is C12H19NO2. The summed E-state index contributed by atoms with van der Waals surface area (Å²) in [5.41, 5.74) is 1.11. The van der Waals surface area contributed by atoms with Crippen LogP contribution in [0.25, 0.3) is 0 Å². The minimum Gasteiger partial charge on any atom is -0.393 e. The first-order valence-electron chi connectivity index (χ1n) is 5.86. The van der Waals surface area contributed by atoms with Gasteiger partial charge in [0.05, 0.1) is 12.3 Å². The summed E-state index contributed by atoms with van der Waals surface area (Å²) in [5, 5.41) is 13.6. The fourth-order valence-corrected chi connectivity index (χ4v) is 2.57. The molecule has 84 valence electrons. The molecule has 1 aliphatic carbocycles. The van der Waals surface area contributed by atoms with Crippen LogP contribution >= 0.6 is 0 Å². The van der Waals surface area contributed by atoms with Crippen LogP contribution in [0.1, 0.15) is 38.2 Å². The molecule has 3 nitrogen and oxygen atoms in total. The summed E-state index contributed by atoms with van der Waals surface area (Å²) in [6.45, 7) is 2.23. The van der Waals surface area contributed by atoms with Gasteiger partial charge in [0, 0.05) is 5.56 Å². The number of hydrogen-bond acceptors (Lipinski definition) is 3. The second-order valence-electron chi connectivity index (χ2n) is 4.65. The normalized spacial score (nSPS) is 31.7. The summed E-state index contributed by atoms with van der Waals surface area (Å²) in [6.07, 6.45) is 8.70. The lowest BCUT2D eigenvalue weighted by atomic mass is 9.76. The molecule has 0 radical (unpaired) electrons. The number of aliphatic hydroxyl groups is 1. The van der Waals surface area contributed by atoms with E-state index < -0.39 is 0 Å². The van der Waals surface area contributed by atoms with E-state index in [1.54, 1.807) is 12.5 Å². The first kappa shape index (κ1) is 10.7. The Morgan fingerprint density at radius 3 is 3.07 bits per heavy atom. The molecule has 0 aliphatic heterocycles. The van der Waals surface area contributed by atoms with Crippen LogP contribution in [0.4, 0.5) is 0 Å². The van der Waals surface area contributed by atoms with E-state index in [9.17, 15) is 5.11 Å². The molecule has 0 amide bonds. The zero-order valence-corrected chi connectivity index (χ0v) is 9.22. The monoisotopic (exact) mass is 209 g/mol. The molecule has 3 atom stereocenters. The molecule has 1 aliphatic rings. The lowest BCUT2D eigenvalue weighted by Gasteiger charge is -2.32. The van der Waals surface area contributed by atoms with Gasteiger partial charge in [0.15, 0.2) is 0 Å². The van der Waals surface area contributed by atoms with Crippen molar-refractivity contribution in [3.05, 3.63) is 18.0 Å². The van der Waals surface area contributed by atoms with Gasteiger partial charge in [-0.3, -0.25) is 0 Å². The number of rotatable bonds is 3. The van der Waals surface area contributed by atoms with Crippen LogP contribution in [0.5, 0.6) is 0 Å². The minimum absolute atomic E-state index is 0.136. The Morgan fingerprint density at radius 2 is 2.40 bits per heavy atom. The molecule has 1 aromatic rings. The number of aromatic nitrogens is 1. The van der Waals surface area contributed by atoms with Gasteiger partial charge in [-0.15, -0.1) is 0 Å². The second-order valence-corrected chi connectivity index (χ2v) is 4.65. The maximum absolute atomic E-state index is 9.93. The maximum atomic E-state index is 9.93. The molecule has 3 unspecified atom stereocenters. The Morgan fingerprint density at radius 1 is 1.53 bits per heavy atom. The van der Waals surface area contributed by atoms with Crippen molar-refractivity contribution in [3.8, 4) is 0 Å². The fraction of sp³-hybridized carbons (Fsp3) is 0.750. The molecule has 1 aromatic heterocycles. The average Bonchev–Trinajstić information content (AvgIpc) is 2.74. The zero-order chi connectivity index (χ0) is 10.7. The molecule has 0 spiro atoms. The van der Waals surface area contributed by atoms with Crippen molar-refractivity contribution in [3.63, 3.8) is 0 Å². The van der Waals surface area contributed by atoms with E-state index in [0.717, 1.165) is 30.7 Å². The Labute approximate surface area is 90.5 Å². The Hall–Kier alpha value is -0.830. The third-order valence-corrected chi connectivity index (χ3v) is 3.61. The maximum Gasteiger partial charge on any atom is 0.126 e. The zero-order valence-electron chi connectivity index (χ0n) is 9.22. The highest BCUT2D eigenvalue weighted by molar-refractivity contribution is 5.03. The van der Waals surface area contributed by atoms with Crippen molar-refractivity contribution in [1.82, 2.24) is 5.16 Å². The molecule has 1 N–H and O–H groups in total. The SMILES string of the molecule is CCC1CCC(O)C(Cc2cnoc2)C1. The molecule has 1 saturated carbocycles. The molecule has 2 rings (SSSR count). The average molecular weight is 209 g/mol. The van der Waals surface area contributed by atoms with Crippen molar-refractivity contribution >= 4 is 0 Å². The quantitative estimate of drug-likeness (QED) is 0.831. The van der Waals surface area contributed by atoms with Crippen molar-refractivity contribution in [1.29, 1.82) is 0 Å². The largest absolute Gasteiger partial charge is 0.393 e. The summed E-state index contributed by atoms with van der Waals surface area (Å²) in [4.78, 5) is 0. The van der Waals surface area contributed by atoms with Gasteiger partial charge in [0.1, 0.15) is 6.26 Å². The molecule has 0 bridgehead atoms. The highest BCUT2D eigenvalue weighted by Crippen LogP contribution is 2.33. The highest BCUT2D eigenvalue weighted by Gasteiger charge is 2.28. The first-order valence-corrected chi connectivity index (χ1v) is 5.86. The molecule has 15 heavy (non-hydrogen) atoms. The van der Waals surface area contributed by atoms with Gasteiger partial charge in [-0.2, -0.15) is 0 Å². The van der Waals surface area contributed by atoms with Crippen LogP contribution < -0.4 is 0 Å². The lowest BCUT2D eigenvalue weighted by molar-refractivity contribution is 0.0474. The molecule has 1 fully saturated rings. The summed E-state index contributed by atoms with van der Waals surface area (Å²) < 4.78 is 4.81. The van der Waals surface area contributed by atoms with Crippen molar-refractivity contribution in [2.45, 2.75) is 45.1 Å². The van der Waals surface area contributed by atoms with Crippen LogP contribution in [0.15, 0.2) is 17.0 Å².